The van der Waals surface area contributed by atoms with E-state index in [4.69, 9.17) is 0 Å². The second-order valence-electron chi connectivity index (χ2n) is 7.67. The topological polar surface area (TPSA) is 52.7 Å². The van der Waals surface area contributed by atoms with Crippen molar-refractivity contribution in [1.29, 1.82) is 0 Å². The molecule has 0 saturated carbocycles. The Hall–Kier alpha value is -1.59. The van der Waals surface area contributed by atoms with Gasteiger partial charge in [0.25, 0.3) is 5.91 Å². The standard InChI is InChI=1S/C20H27N3O2.ClH/c24-19(15-5-2-1-3-6-15)22-11-4-7-16(13-22)20(25)23-12-10-17-8-9-18(14-23)21-17;/h1-3,5-6,16-18,21H,4,7-14H2;1H. The van der Waals surface area contributed by atoms with Gasteiger partial charge in [0.1, 0.15) is 0 Å². The van der Waals surface area contributed by atoms with E-state index < -0.39 is 0 Å². The summed E-state index contributed by atoms with van der Waals surface area (Å²) in [5.74, 6) is 0.257. The van der Waals surface area contributed by atoms with Gasteiger partial charge in [0.2, 0.25) is 5.91 Å². The lowest BCUT2D eigenvalue weighted by Crippen LogP contribution is -2.48. The highest BCUT2D eigenvalue weighted by Crippen LogP contribution is 2.25. The molecule has 3 aliphatic rings. The Balaban J connectivity index is 0.00000196. The van der Waals surface area contributed by atoms with Crippen LogP contribution in [0.2, 0.25) is 0 Å². The third-order valence-electron chi connectivity index (χ3n) is 5.91. The fourth-order valence-electron chi connectivity index (χ4n) is 4.53. The van der Waals surface area contributed by atoms with Gasteiger partial charge in [0.05, 0.1) is 5.92 Å². The van der Waals surface area contributed by atoms with Crippen LogP contribution in [0, 0.1) is 5.92 Å². The summed E-state index contributed by atoms with van der Waals surface area (Å²) in [6.45, 7) is 3.00. The van der Waals surface area contributed by atoms with Gasteiger partial charge in [-0.1, -0.05) is 18.2 Å². The lowest BCUT2D eigenvalue weighted by Gasteiger charge is -2.35. The normalized spacial score (nSPS) is 28.2. The van der Waals surface area contributed by atoms with Crippen LogP contribution < -0.4 is 5.32 Å². The van der Waals surface area contributed by atoms with Gasteiger partial charge in [-0.25, -0.2) is 0 Å². The molecule has 1 aromatic carbocycles. The number of nitrogens with zero attached hydrogens (tertiary/aromatic N) is 2. The molecule has 0 radical (unpaired) electrons. The Morgan fingerprint density at radius 3 is 2.46 bits per heavy atom. The molecule has 2 amide bonds. The van der Waals surface area contributed by atoms with Gasteiger partial charge in [0, 0.05) is 43.8 Å². The molecular formula is C20H28ClN3O2. The number of carbonyl (C=O) groups excluding carboxylic acids is 2. The van der Waals surface area contributed by atoms with Crippen LogP contribution in [-0.4, -0.2) is 59.9 Å². The Labute approximate surface area is 161 Å². The van der Waals surface area contributed by atoms with Crippen molar-refractivity contribution in [1.82, 2.24) is 15.1 Å². The maximum absolute atomic E-state index is 13.0. The summed E-state index contributed by atoms with van der Waals surface area (Å²) in [5.41, 5.74) is 0.715. The van der Waals surface area contributed by atoms with Gasteiger partial charge in [0.15, 0.2) is 0 Å². The monoisotopic (exact) mass is 377 g/mol. The zero-order valence-electron chi connectivity index (χ0n) is 15.1. The van der Waals surface area contributed by atoms with Crippen LogP contribution >= 0.6 is 12.4 Å². The first-order valence-electron chi connectivity index (χ1n) is 9.60. The van der Waals surface area contributed by atoms with Crippen molar-refractivity contribution in [3.63, 3.8) is 0 Å². The van der Waals surface area contributed by atoms with Gasteiger partial charge >= 0.3 is 0 Å². The molecule has 0 aliphatic carbocycles. The molecule has 3 saturated heterocycles. The summed E-state index contributed by atoms with van der Waals surface area (Å²) in [5, 5.41) is 3.63. The van der Waals surface area contributed by atoms with Crippen LogP contribution in [0.1, 0.15) is 42.5 Å². The lowest BCUT2D eigenvalue weighted by molar-refractivity contribution is -0.137. The first-order valence-corrected chi connectivity index (χ1v) is 9.60. The predicted molar refractivity (Wildman–Crippen MR) is 103 cm³/mol. The number of rotatable bonds is 2. The van der Waals surface area contributed by atoms with E-state index in [1.54, 1.807) is 0 Å². The number of halogens is 1. The first-order chi connectivity index (χ1) is 12.2. The summed E-state index contributed by atoms with van der Waals surface area (Å²) in [6.07, 6.45) is 5.29. The molecule has 1 aromatic rings. The molecule has 3 heterocycles. The largest absolute Gasteiger partial charge is 0.341 e. The van der Waals surface area contributed by atoms with Crippen molar-refractivity contribution in [2.24, 2.45) is 5.92 Å². The molecule has 3 aliphatic heterocycles. The fourth-order valence-corrected chi connectivity index (χ4v) is 4.53. The van der Waals surface area contributed by atoms with Crippen LogP contribution in [-0.2, 0) is 4.79 Å². The lowest BCUT2D eigenvalue weighted by atomic mass is 9.95. The van der Waals surface area contributed by atoms with Gasteiger partial charge in [-0.15, -0.1) is 12.4 Å². The Kier molecular flexibility index (Phi) is 6.20. The minimum absolute atomic E-state index is 0. The van der Waals surface area contributed by atoms with E-state index in [0.717, 1.165) is 38.9 Å². The second kappa shape index (κ2) is 8.40. The number of fused-ring (bicyclic) bond motifs is 2. The smallest absolute Gasteiger partial charge is 0.253 e. The molecular weight excluding hydrogens is 350 g/mol. The third kappa shape index (κ3) is 4.04. The van der Waals surface area contributed by atoms with Crippen molar-refractivity contribution < 1.29 is 9.59 Å². The number of amides is 2. The maximum Gasteiger partial charge on any atom is 0.253 e. The van der Waals surface area contributed by atoms with Gasteiger partial charge in [-0.05, 0) is 44.2 Å². The Morgan fingerprint density at radius 1 is 0.885 bits per heavy atom. The zero-order valence-corrected chi connectivity index (χ0v) is 15.9. The molecule has 0 aromatic heterocycles. The highest BCUT2D eigenvalue weighted by atomic mass is 35.5. The quantitative estimate of drug-likeness (QED) is 0.860. The summed E-state index contributed by atoms with van der Waals surface area (Å²) >= 11 is 0. The van der Waals surface area contributed by atoms with E-state index in [1.807, 2.05) is 35.2 Å². The number of likely N-dealkylation sites (tertiary alicyclic amines) is 2. The first kappa shape index (κ1) is 19.2. The minimum Gasteiger partial charge on any atom is -0.341 e. The van der Waals surface area contributed by atoms with Crippen molar-refractivity contribution in [3.8, 4) is 0 Å². The van der Waals surface area contributed by atoms with E-state index >= 15 is 0 Å². The van der Waals surface area contributed by atoms with E-state index in [2.05, 4.69) is 10.2 Å². The van der Waals surface area contributed by atoms with Crippen LogP contribution in [0.25, 0.3) is 0 Å². The van der Waals surface area contributed by atoms with E-state index in [9.17, 15) is 9.59 Å². The van der Waals surface area contributed by atoms with Crippen LogP contribution in [0.15, 0.2) is 30.3 Å². The predicted octanol–water partition coefficient (Wildman–Crippen LogP) is 2.31. The number of carbonyl (C=O) groups is 2. The van der Waals surface area contributed by atoms with Crippen LogP contribution in [0.4, 0.5) is 0 Å². The molecule has 6 heteroatoms. The molecule has 142 valence electrons. The van der Waals surface area contributed by atoms with Crippen LogP contribution in [0.5, 0.6) is 0 Å². The molecule has 1 N–H and O–H groups in total. The van der Waals surface area contributed by atoms with Crippen molar-refractivity contribution >= 4 is 24.2 Å². The van der Waals surface area contributed by atoms with Gasteiger partial charge in [-0.2, -0.15) is 0 Å². The molecule has 3 fully saturated rings. The third-order valence-corrected chi connectivity index (χ3v) is 5.91. The van der Waals surface area contributed by atoms with Gasteiger partial charge in [-0.3, -0.25) is 9.59 Å². The number of hydrogen-bond acceptors (Lipinski definition) is 3. The zero-order chi connectivity index (χ0) is 17.2. The van der Waals surface area contributed by atoms with E-state index in [1.165, 1.54) is 12.8 Å². The number of piperidine rings is 1. The average molecular weight is 378 g/mol. The number of nitrogens with one attached hydrogen (secondary N) is 1. The molecule has 0 spiro atoms. The molecule has 4 rings (SSSR count). The molecule has 2 bridgehead atoms. The van der Waals surface area contributed by atoms with Crippen molar-refractivity contribution in [3.05, 3.63) is 35.9 Å². The van der Waals surface area contributed by atoms with E-state index in [-0.39, 0.29) is 30.1 Å². The van der Waals surface area contributed by atoms with Crippen molar-refractivity contribution in [2.45, 2.75) is 44.2 Å². The Bertz CT molecular complexity index is 639. The summed E-state index contributed by atoms with van der Waals surface area (Å²) in [4.78, 5) is 29.7. The molecule has 5 nitrogen and oxygen atoms in total. The minimum atomic E-state index is -0.0435. The average Bonchev–Trinajstić information content (AvgIpc) is 3.00. The molecule has 3 unspecified atom stereocenters. The highest BCUT2D eigenvalue weighted by molar-refractivity contribution is 5.94. The van der Waals surface area contributed by atoms with E-state index in [0.29, 0.717) is 24.2 Å². The summed E-state index contributed by atoms with van der Waals surface area (Å²) in [7, 11) is 0. The number of hydrogen-bond donors (Lipinski definition) is 1. The summed E-state index contributed by atoms with van der Waals surface area (Å²) < 4.78 is 0. The second-order valence-corrected chi connectivity index (χ2v) is 7.67. The number of benzene rings is 1. The molecule has 26 heavy (non-hydrogen) atoms. The fraction of sp³-hybridized carbons (Fsp3) is 0.600. The maximum atomic E-state index is 13.0. The SMILES string of the molecule is Cl.O=C(c1ccccc1)N1CCCC(C(=O)N2CCC3CCC(C2)N3)C1. The molecule has 3 atom stereocenters. The van der Waals surface area contributed by atoms with Crippen LogP contribution in [0.3, 0.4) is 0 Å². The van der Waals surface area contributed by atoms with Crippen molar-refractivity contribution in [2.75, 3.05) is 26.2 Å². The highest BCUT2D eigenvalue weighted by Gasteiger charge is 2.35. The Morgan fingerprint density at radius 2 is 1.65 bits per heavy atom. The summed E-state index contributed by atoms with van der Waals surface area (Å²) in [6, 6.07) is 10.4. The van der Waals surface area contributed by atoms with Gasteiger partial charge < -0.3 is 15.1 Å².